The SMILES string of the molecule is CN1CCN(C2CCN(c3ccc4c(c3)CNC4)CC2)CC1.[B][B]B(B([B])[B])B(B(B([B])[B])B([B])[B])B(B(B(B([B])[B])B([B])[B])B(B([B])[B])B([B])[B])B(B(B(B([B])[B])B([B])[B])B(B([B])[B])B([B])[B])B(B(B(B([B])[B])B([B])[B])B(B([B])[B])B([B])[B])B(B(B([B])[B])B([B])[B])B(B([B])[B])B([B])[B]. The summed E-state index contributed by atoms with van der Waals surface area (Å²) in [6, 6.07) is 7.85. The molecule has 4 rings (SSSR count). The summed E-state index contributed by atoms with van der Waals surface area (Å²) in [5.41, 5.74) is 4.41. The molecule has 1 aromatic rings. The zero-order valence-corrected chi connectivity index (χ0v) is 58.2. The second-order valence-corrected chi connectivity index (χ2v) is 28.7. The summed E-state index contributed by atoms with van der Waals surface area (Å²) in [6.45, 7) is 9.49. The molecule has 0 aromatic heterocycles. The van der Waals surface area contributed by atoms with Crippen molar-refractivity contribution in [3.8, 4) is 0 Å². The molecule has 3 heterocycles. The first-order valence-electron chi connectivity index (χ1n) is 34.1. The van der Waals surface area contributed by atoms with E-state index < -0.39 is 236 Å². The third-order valence-corrected chi connectivity index (χ3v) is 21.9. The summed E-state index contributed by atoms with van der Waals surface area (Å²) < 4.78 is 0. The van der Waals surface area contributed by atoms with Crippen molar-refractivity contribution in [1.82, 2.24) is 15.1 Å². The summed E-state index contributed by atoms with van der Waals surface area (Å²) in [5.74, 6) is 0. The van der Waals surface area contributed by atoms with E-state index in [0.29, 0.717) is 0 Å². The van der Waals surface area contributed by atoms with Crippen LogP contribution >= 0.6 is 0 Å². The highest BCUT2D eigenvalue weighted by atomic mass is 15.3. The molecule has 1 aromatic carbocycles. The van der Waals surface area contributed by atoms with E-state index in [0.717, 1.165) is 26.2 Å². The topological polar surface area (TPSA) is 21.8 Å². The lowest BCUT2D eigenvalue weighted by Gasteiger charge is -2.61. The molecule has 0 atom stereocenters. The number of rotatable bonds is 39. The minimum absolute atomic E-state index is 0.807. The Balaban J connectivity index is 0.000000954. The Morgan fingerprint density at radius 1 is 0.293 bits per heavy atom. The number of anilines is 1. The van der Waals surface area contributed by atoms with Gasteiger partial charge < -0.3 is 15.1 Å². The number of hydrogen-bond donors (Lipinski definition) is 1. The van der Waals surface area contributed by atoms with Gasteiger partial charge in [-0.15, -0.1) is 0 Å². The van der Waals surface area contributed by atoms with Crippen LogP contribution in [0.15, 0.2) is 18.2 Å². The highest BCUT2D eigenvalue weighted by Gasteiger charge is 2.65. The lowest BCUT2D eigenvalue weighted by Crippen LogP contribution is -2.99. The first-order valence-corrected chi connectivity index (χ1v) is 34.1. The van der Waals surface area contributed by atoms with Gasteiger partial charge in [0.2, 0.25) is 0 Å². The summed E-state index contributed by atoms with van der Waals surface area (Å²) in [7, 11) is 270. The maximum atomic E-state index is 6.88. The molecule has 0 saturated carbocycles. The van der Waals surface area contributed by atoms with Gasteiger partial charge in [0.25, 0.3) is 0 Å². The number of nitrogens with one attached hydrogen (secondary N) is 1. The van der Waals surface area contributed by atoms with Gasteiger partial charge in [-0.1, -0.05) is 6.07 Å². The van der Waals surface area contributed by atoms with Crippen LogP contribution in [0.3, 0.4) is 0 Å². The van der Waals surface area contributed by atoms with Crippen molar-refractivity contribution >= 4 is 551 Å². The molecule has 4 nitrogen and oxygen atoms in total. The van der Waals surface area contributed by atoms with Gasteiger partial charge in [0.1, 0.15) is 0 Å². The van der Waals surface area contributed by atoms with E-state index in [-0.39, 0.29) is 0 Å². The Hall–Kier alpha value is 3.90. The third kappa shape index (κ3) is 26.2. The van der Waals surface area contributed by atoms with Crippen LogP contribution in [0.25, 0.3) is 0 Å². The van der Waals surface area contributed by atoms with E-state index >= 15 is 0 Å². The van der Waals surface area contributed by atoms with Gasteiger partial charge in [0.15, 0.2) is 0 Å². The zero-order chi connectivity index (χ0) is 76.0. The van der Waals surface area contributed by atoms with Crippen molar-refractivity contribution in [3.05, 3.63) is 29.3 Å². The summed E-state index contributed by atoms with van der Waals surface area (Å²) in [6.07, 6.45) is -57.5. The zero-order valence-electron chi connectivity index (χ0n) is 58.2. The van der Waals surface area contributed by atoms with Gasteiger partial charge >= 0.3 is 0 Å². The second kappa shape index (κ2) is 45.6. The number of hydrogen-bond acceptors (Lipinski definition) is 4. The number of benzene rings is 1. The van der Waals surface area contributed by atoms with E-state index in [1.807, 2.05) is 0 Å². The summed E-state index contributed by atoms with van der Waals surface area (Å²) in [5, 5.41) is 3.44. The first-order chi connectivity index (χ1) is 45.8. The Bertz CT molecular complexity index is 2160. The number of fused-ring (bicyclic) bond motifs is 1. The molecule has 79 radical (unpaired) electrons. The van der Waals surface area contributed by atoms with Crippen molar-refractivity contribution < 1.29 is 0 Å². The fourth-order valence-electron chi connectivity index (χ4n) is 17.8. The minimum atomic E-state index is -1.84. The van der Waals surface area contributed by atoms with Crippen molar-refractivity contribution in [2.75, 3.05) is 51.2 Å². The van der Waals surface area contributed by atoms with E-state index in [1.165, 1.54) is 68.9 Å². The molecule has 0 amide bonds. The van der Waals surface area contributed by atoms with Gasteiger partial charge in [-0.3, -0.25) is 4.90 Å². The normalized spacial score (nSPS) is 13.1. The first kappa shape index (κ1) is 97.1. The van der Waals surface area contributed by atoms with Crippen LogP contribution in [0.5, 0.6) is 0 Å². The van der Waals surface area contributed by atoms with E-state index in [9.17, 15) is 0 Å². The quantitative estimate of drug-likeness (QED) is 0.0663. The monoisotopic (exact) mass is 1150 g/mol. The molecule has 0 bridgehead atoms. The average Bonchev–Trinajstić information content (AvgIpc) is 0.948. The van der Waals surface area contributed by atoms with Crippen molar-refractivity contribution in [2.45, 2.75) is 32.0 Å². The standard InChI is InChI=1S/C18H28N4.B77/c1-20-8-10-22(11-9-20)17-4-6-21(7-5-17)18-3-2-15-13-19-14-16(15)12-18;1-40-60(41(2)3)70(61(42(4)5)43(6)7)75(71(62(44(8)9)45(10)11)63(46(12)13)47(14)15)77(74(68(56(32)33)57(34)35)69(58(36)37)59(38)39)76(72(64(48(16)17)49(18)19)65(50(20)21)51(22)23)73(66(52(24)25)53(26)27)67(54(28)29)55(30)31/h2-3,12,17,19H,4-11,13-14H2,1H3;. The molecule has 351 valence electrons. The highest BCUT2D eigenvalue weighted by Crippen LogP contribution is 2.30. The largest absolute Gasteiger partial charge is 0.371 e. The molecule has 1 N–H and O–H groups in total. The maximum Gasteiger partial charge on any atom is 0.0369 e. The molecule has 3 aliphatic rings. The number of nitrogens with zero attached hydrogens (tertiary/aromatic N) is 3. The molecule has 2 saturated heterocycles. The molecule has 0 spiro atoms. The lowest BCUT2D eigenvalue weighted by atomic mass is 8.20. The van der Waals surface area contributed by atoms with Crippen molar-refractivity contribution in [1.29, 1.82) is 0 Å². The fourth-order valence-corrected chi connectivity index (χ4v) is 17.8. The molecule has 81 heteroatoms. The van der Waals surface area contributed by atoms with Gasteiger partial charge in [-0.25, -0.2) is 0 Å². The smallest absolute Gasteiger partial charge is 0.0369 e. The lowest BCUT2D eigenvalue weighted by molar-refractivity contribution is 0.0982. The van der Waals surface area contributed by atoms with Crippen LogP contribution in [0.2, 0.25) is 0 Å². The van der Waals surface area contributed by atoms with Gasteiger partial charge in [-0.2, -0.15) is 0 Å². The number of piperazine rings is 1. The predicted octanol–water partition coefficient (Wildman–Crippen LogP) is -27.8. The Labute approximate surface area is 672 Å². The second-order valence-electron chi connectivity index (χ2n) is 28.7. The molecular formula is C18H28B77N4. The van der Waals surface area contributed by atoms with Gasteiger partial charge in [0.05, 0.1) is 0 Å². The van der Waals surface area contributed by atoms with Crippen molar-refractivity contribution in [3.63, 3.8) is 0 Å². The van der Waals surface area contributed by atoms with Crippen LogP contribution in [-0.4, -0.2) is 607 Å². The maximum absolute atomic E-state index is 6.88. The van der Waals surface area contributed by atoms with Crippen LogP contribution in [-0.2, 0) is 13.1 Å². The fraction of sp³-hybridized carbons (Fsp3) is 0.667. The molecule has 0 aliphatic carbocycles. The van der Waals surface area contributed by atoms with E-state index in [1.54, 1.807) is 0 Å². The number of likely N-dealkylation sites (N-methyl/N-ethyl adjacent to an activating group) is 1. The molecule has 99 heavy (non-hydrogen) atoms. The van der Waals surface area contributed by atoms with Crippen LogP contribution in [0, 0.1) is 0 Å². The highest BCUT2D eigenvalue weighted by molar-refractivity contribution is 8.41. The van der Waals surface area contributed by atoms with E-state index in [4.69, 9.17) is 302 Å². The molecular weight excluding hydrogens is 1100 g/mol. The van der Waals surface area contributed by atoms with Gasteiger partial charge in [0, 0.05) is 609 Å². The Morgan fingerprint density at radius 2 is 0.525 bits per heavy atom. The number of piperidine rings is 1. The minimum Gasteiger partial charge on any atom is -0.371 e. The summed E-state index contributed by atoms with van der Waals surface area (Å²) in [4.78, 5) is 7.76. The predicted molar refractivity (Wildman–Crippen MR) is 534 cm³/mol. The third-order valence-electron chi connectivity index (χ3n) is 21.9. The van der Waals surface area contributed by atoms with Crippen LogP contribution in [0.1, 0.15) is 24.0 Å². The van der Waals surface area contributed by atoms with Gasteiger partial charge in [-0.05, 0) is 43.1 Å². The Morgan fingerprint density at radius 3 is 0.768 bits per heavy atom. The van der Waals surface area contributed by atoms with E-state index in [2.05, 4.69) is 45.3 Å². The van der Waals surface area contributed by atoms with Crippen molar-refractivity contribution in [2.24, 2.45) is 0 Å². The molecule has 2 fully saturated rings. The molecule has 0 unspecified atom stereocenters. The van der Waals surface area contributed by atoms with Crippen LogP contribution in [0.4, 0.5) is 5.69 Å². The average molecular weight is 1130 g/mol. The Kier molecular flexibility index (Phi) is 44.7. The summed E-state index contributed by atoms with van der Waals surface area (Å²) >= 11 is 0. The molecule has 3 aliphatic heterocycles. The van der Waals surface area contributed by atoms with Crippen LogP contribution < -0.4 is 10.2 Å².